The summed E-state index contributed by atoms with van der Waals surface area (Å²) >= 11 is 0. The van der Waals surface area contributed by atoms with E-state index in [9.17, 15) is 8.42 Å². The topological polar surface area (TPSA) is 49.4 Å². The lowest BCUT2D eigenvalue weighted by molar-refractivity contribution is 0.440. The maximum absolute atomic E-state index is 12.0. The summed E-state index contributed by atoms with van der Waals surface area (Å²) in [4.78, 5) is 0. The Morgan fingerprint density at radius 3 is 2.69 bits per heavy atom. The van der Waals surface area contributed by atoms with Crippen LogP contribution in [0.1, 0.15) is 26.2 Å². The van der Waals surface area contributed by atoms with Gasteiger partial charge in [-0.2, -0.15) is 4.31 Å². The van der Waals surface area contributed by atoms with Crippen molar-refractivity contribution in [1.82, 2.24) is 9.62 Å². The largest absolute Gasteiger partial charge is 0.313 e. The number of rotatable bonds is 9. The van der Waals surface area contributed by atoms with E-state index < -0.39 is 10.0 Å². The molecule has 0 heterocycles. The van der Waals surface area contributed by atoms with Gasteiger partial charge in [0.25, 0.3) is 0 Å². The van der Waals surface area contributed by atoms with Gasteiger partial charge < -0.3 is 5.32 Å². The molecule has 1 saturated carbocycles. The summed E-state index contributed by atoms with van der Waals surface area (Å²) in [7, 11) is -3.11. The van der Waals surface area contributed by atoms with Crippen LogP contribution in [0, 0.1) is 0 Å². The first kappa shape index (κ1) is 13.7. The van der Waals surface area contributed by atoms with Crippen LogP contribution in [0.25, 0.3) is 0 Å². The number of hydrogen-bond acceptors (Lipinski definition) is 3. The third-order valence-electron chi connectivity index (χ3n) is 2.57. The van der Waals surface area contributed by atoms with Gasteiger partial charge in [0.05, 0.1) is 5.75 Å². The molecule has 94 valence electrons. The predicted molar refractivity (Wildman–Crippen MR) is 66.9 cm³/mol. The SMILES string of the molecule is C=CCN(CCC)S(=O)(=O)CCNC1CC1. The van der Waals surface area contributed by atoms with Crippen LogP contribution in [0.4, 0.5) is 0 Å². The molecule has 0 saturated heterocycles. The van der Waals surface area contributed by atoms with Crippen LogP contribution in [-0.4, -0.2) is 44.2 Å². The molecule has 4 nitrogen and oxygen atoms in total. The van der Waals surface area contributed by atoms with E-state index in [1.165, 1.54) is 17.1 Å². The van der Waals surface area contributed by atoms with Crippen molar-refractivity contribution in [1.29, 1.82) is 0 Å². The molecule has 1 rings (SSSR count). The number of sulfonamides is 1. The van der Waals surface area contributed by atoms with Crippen molar-refractivity contribution >= 4 is 10.0 Å². The summed E-state index contributed by atoms with van der Waals surface area (Å²) in [5, 5.41) is 3.22. The highest BCUT2D eigenvalue weighted by atomic mass is 32.2. The molecule has 0 aromatic carbocycles. The molecule has 5 heteroatoms. The van der Waals surface area contributed by atoms with Crippen molar-refractivity contribution in [2.24, 2.45) is 0 Å². The van der Waals surface area contributed by atoms with Crippen molar-refractivity contribution in [3.05, 3.63) is 12.7 Å². The Morgan fingerprint density at radius 2 is 2.19 bits per heavy atom. The van der Waals surface area contributed by atoms with E-state index in [1.54, 1.807) is 6.08 Å². The smallest absolute Gasteiger partial charge is 0.215 e. The zero-order valence-electron chi connectivity index (χ0n) is 9.98. The van der Waals surface area contributed by atoms with Gasteiger partial charge in [-0.25, -0.2) is 8.42 Å². The van der Waals surface area contributed by atoms with Crippen molar-refractivity contribution in [2.75, 3.05) is 25.4 Å². The molecule has 0 amide bonds. The summed E-state index contributed by atoms with van der Waals surface area (Å²) in [5.74, 6) is 0.192. The monoisotopic (exact) mass is 246 g/mol. The molecule has 0 bridgehead atoms. The van der Waals surface area contributed by atoms with Gasteiger partial charge in [-0.1, -0.05) is 13.0 Å². The van der Waals surface area contributed by atoms with Gasteiger partial charge in [0.2, 0.25) is 10.0 Å². The quantitative estimate of drug-likeness (QED) is 0.617. The Morgan fingerprint density at radius 1 is 1.50 bits per heavy atom. The first-order chi connectivity index (χ1) is 7.60. The van der Waals surface area contributed by atoms with E-state index in [1.807, 2.05) is 6.92 Å². The van der Waals surface area contributed by atoms with Crippen LogP contribution in [0.3, 0.4) is 0 Å². The fourth-order valence-electron chi connectivity index (χ4n) is 1.55. The summed E-state index contributed by atoms with van der Waals surface area (Å²) < 4.78 is 25.4. The van der Waals surface area contributed by atoms with Gasteiger partial charge >= 0.3 is 0 Å². The van der Waals surface area contributed by atoms with Crippen LogP contribution in [-0.2, 0) is 10.0 Å². The standard InChI is InChI=1S/C11H22N2O2S/c1-3-8-13(9-4-2)16(14,15)10-7-12-11-5-6-11/h3,11-12H,1,4-10H2,2H3. The van der Waals surface area contributed by atoms with Gasteiger partial charge in [-0.05, 0) is 19.3 Å². The highest BCUT2D eigenvalue weighted by molar-refractivity contribution is 7.89. The minimum absolute atomic E-state index is 0.192. The maximum Gasteiger partial charge on any atom is 0.215 e. The van der Waals surface area contributed by atoms with E-state index in [2.05, 4.69) is 11.9 Å². The summed E-state index contributed by atoms with van der Waals surface area (Å²) in [6, 6.07) is 0.564. The molecule has 1 fully saturated rings. The van der Waals surface area contributed by atoms with Crippen LogP contribution >= 0.6 is 0 Å². The van der Waals surface area contributed by atoms with E-state index in [0.29, 0.717) is 25.7 Å². The lowest BCUT2D eigenvalue weighted by Gasteiger charge is -2.19. The minimum Gasteiger partial charge on any atom is -0.313 e. The second kappa shape index (κ2) is 6.37. The second-order valence-electron chi connectivity index (χ2n) is 4.19. The van der Waals surface area contributed by atoms with Crippen molar-refractivity contribution in [3.63, 3.8) is 0 Å². The van der Waals surface area contributed by atoms with Gasteiger partial charge in [0.1, 0.15) is 0 Å². The Labute approximate surface area is 98.8 Å². The summed E-state index contributed by atoms with van der Waals surface area (Å²) in [6.07, 6.45) is 4.85. The van der Waals surface area contributed by atoms with Crippen LogP contribution in [0.2, 0.25) is 0 Å². The number of hydrogen-bond donors (Lipinski definition) is 1. The molecule has 0 unspecified atom stereocenters. The van der Waals surface area contributed by atoms with Gasteiger partial charge in [0.15, 0.2) is 0 Å². The first-order valence-electron chi connectivity index (χ1n) is 5.92. The molecular weight excluding hydrogens is 224 g/mol. The highest BCUT2D eigenvalue weighted by Gasteiger charge is 2.23. The predicted octanol–water partition coefficient (Wildman–Crippen LogP) is 0.966. The Balaban J connectivity index is 2.39. The van der Waals surface area contributed by atoms with Crippen LogP contribution in [0.5, 0.6) is 0 Å². The molecule has 1 N–H and O–H groups in total. The Hall–Kier alpha value is -0.390. The molecular formula is C11H22N2O2S. The molecule has 1 aliphatic carbocycles. The lowest BCUT2D eigenvalue weighted by Crippen LogP contribution is -2.37. The van der Waals surface area contributed by atoms with Crippen LogP contribution in [0.15, 0.2) is 12.7 Å². The third-order valence-corrected chi connectivity index (χ3v) is 4.41. The van der Waals surface area contributed by atoms with E-state index >= 15 is 0 Å². The highest BCUT2D eigenvalue weighted by Crippen LogP contribution is 2.18. The Bertz CT molecular complexity index is 310. The molecule has 0 aromatic rings. The molecule has 16 heavy (non-hydrogen) atoms. The first-order valence-corrected chi connectivity index (χ1v) is 7.53. The number of nitrogens with one attached hydrogen (secondary N) is 1. The van der Waals surface area contributed by atoms with Crippen molar-refractivity contribution in [2.45, 2.75) is 32.2 Å². The lowest BCUT2D eigenvalue weighted by atomic mass is 10.5. The van der Waals surface area contributed by atoms with Crippen molar-refractivity contribution < 1.29 is 8.42 Å². The molecule has 0 aliphatic heterocycles. The third kappa shape index (κ3) is 4.63. The molecule has 1 aliphatic rings. The van der Waals surface area contributed by atoms with Crippen molar-refractivity contribution in [3.8, 4) is 0 Å². The molecule has 0 radical (unpaired) electrons. The average Bonchev–Trinajstić information content (AvgIpc) is 3.01. The zero-order valence-corrected chi connectivity index (χ0v) is 10.8. The maximum atomic E-state index is 12.0. The van der Waals surface area contributed by atoms with Gasteiger partial charge in [-0.3, -0.25) is 0 Å². The van der Waals surface area contributed by atoms with Crippen LogP contribution < -0.4 is 5.32 Å². The number of nitrogens with zero attached hydrogens (tertiary/aromatic N) is 1. The zero-order chi connectivity index (χ0) is 12.0. The molecule has 0 atom stereocenters. The summed E-state index contributed by atoms with van der Waals surface area (Å²) in [5.41, 5.74) is 0. The van der Waals surface area contributed by atoms with Gasteiger partial charge in [0, 0.05) is 25.7 Å². The molecule has 0 aromatic heterocycles. The van der Waals surface area contributed by atoms with E-state index in [4.69, 9.17) is 0 Å². The average molecular weight is 246 g/mol. The fourth-order valence-corrected chi connectivity index (χ4v) is 2.97. The minimum atomic E-state index is -3.11. The molecule has 0 spiro atoms. The van der Waals surface area contributed by atoms with E-state index in [0.717, 1.165) is 6.42 Å². The Kier molecular flexibility index (Phi) is 5.44. The van der Waals surface area contributed by atoms with E-state index in [-0.39, 0.29) is 5.75 Å². The summed E-state index contributed by atoms with van der Waals surface area (Å²) in [6.45, 7) is 7.13. The van der Waals surface area contributed by atoms with Gasteiger partial charge in [-0.15, -0.1) is 6.58 Å². The fraction of sp³-hybridized carbons (Fsp3) is 0.818. The second-order valence-corrected chi connectivity index (χ2v) is 6.28. The normalized spacial score (nSPS) is 16.6.